The Morgan fingerprint density at radius 2 is 2.27 bits per heavy atom. The summed E-state index contributed by atoms with van der Waals surface area (Å²) in [5.41, 5.74) is 0. The van der Waals surface area contributed by atoms with Crippen LogP contribution in [0.25, 0.3) is 0 Å². The zero-order valence-corrected chi connectivity index (χ0v) is 6.97. The molecule has 11 heavy (non-hydrogen) atoms. The van der Waals surface area contributed by atoms with Crippen molar-refractivity contribution < 1.29 is 12.6 Å². The molecule has 0 N–H and O–H groups in total. The van der Waals surface area contributed by atoms with Crippen LogP contribution < -0.4 is 0 Å². The molecule has 0 aromatic carbocycles. The van der Waals surface area contributed by atoms with Crippen molar-refractivity contribution in [1.82, 2.24) is 0 Å². The molecule has 0 radical (unpaired) electrons. The maximum absolute atomic E-state index is 10.7. The molecule has 0 saturated heterocycles. The SMILES string of the molecule is CC=CCS(=O)(=O)OCC#N. The molecular weight excluding hydrogens is 166 g/mol. The van der Waals surface area contributed by atoms with Crippen molar-refractivity contribution in [2.75, 3.05) is 12.4 Å². The molecule has 0 aromatic rings. The molecule has 0 amide bonds. The van der Waals surface area contributed by atoms with Gasteiger partial charge in [-0.3, -0.25) is 4.18 Å². The molecule has 0 aromatic heterocycles. The van der Waals surface area contributed by atoms with Gasteiger partial charge in [0, 0.05) is 0 Å². The number of hydrogen-bond acceptors (Lipinski definition) is 4. The van der Waals surface area contributed by atoms with Crippen LogP contribution in [-0.2, 0) is 14.3 Å². The predicted octanol–water partition coefficient (Wildman–Crippen LogP) is 0.432. The first-order chi connectivity index (χ1) is 5.12. The highest BCUT2D eigenvalue weighted by atomic mass is 32.2. The molecule has 62 valence electrons. The maximum atomic E-state index is 10.7. The number of nitrogens with zero attached hydrogens (tertiary/aromatic N) is 1. The lowest BCUT2D eigenvalue weighted by Gasteiger charge is -1.96. The van der Waals surface area contributed by atoms with Gasteiger partial charge in [0.2, 0.25) is 0 Å². The molecule has 0 aliphatic heterocycles. The minimum absolute atomic E-state index is 0.175. The summed E-state index contributed by atoms with van der Waals surface area (Å²) in [5, 5.41) is 8.00. The average molecular weight is 175 g/mol. The molecule has 0 atom stereocenters. The van der Waals surface area contributed by atoms with E-state index in [1.807, 2.05) is 0 Å². The summed E-state index contributed by atoms with van der Waals surface area (Å²) < 4.78 is 25.7. The fourth-order valence-corrected chi connectivity index (χ4v) is 1.13. The Labute approximate surface area is 66.2 Å². The van der Waals surface area contributed by atoms with Gasteiger partial charge in [-0.1, -0.05) is 12.2 Å². The highest BCUT2D eigenvalue weighted by molar-refractivity contribution is 7.86. The van der Waals surface area contributed by atoms with E-state index in [1.165, 1.54) is 6.08 Å². The lowest BCUT2D eigenvalue weighted by molar-refractivity contribution is 0.363. The fraction of sp³-hybridized carbons (Fsp3) is 0.500. The lowest BCUT2D eigenvalue weighted by atomic mass is 10.6. The van der Waals surface area contributed by atoms with Gasteiger partial charge in [0.25, 0.3) is 10.1 Å². The van der Waals surface area contributed by atoms with Gasteiger partial charge in [0.1, 0.15) is 0 Å². The molecule has 5 heteroatoms. The van der Waals surface area contributed by atoms with Gasteiger partial charge in [-0.2, -0.15) is 13.7 Å². The van der Waals surface area contributed by atoms with E-state index in [4.69, 9.17) is 5.26 Å². The van der Waals surface area contributed by atoms with Crippen molar-refractivity contribution in [2.24, 2.45) is 0 Å². The third kappa shape index (κ3) is 5.58. The van der Waals surface area contributed by atoms with Crippen LogP contribution in [0, 0.1) is 11.3 Å². The Kier molecular flexibility index (Phi) is 4.50. The third-order valence-corrected chi connectivity index (χ3v) is 1.92. The zero-order valence-electron chi connectivity index (χ0n) is 6.15. The second-order valence-corrected chi connectivity index (χ2v) is 3.40. The molecule has 0 saturated carbocycles. The van der Waals surface area contributed by atoms with Crippen molar-refractivity contribution >= 4 is 10.1 Å². The van der Waals surface area contributed by atoms with Gasteiger partial charge in [0.05, 0.1) is 11.8 Å². The predicted molar refractivity (Wildman–Crippen MR) is 40.2 cm³/mol. The molecular formula is C6H9NO3S. The number of allylic oxidation sites excluding steroid dienone is 1. The first-order valence-electron chi connectivity index (χ1n) is 2.97. The third-order valence-electron chi connectivity index (χ3n) is 0.839. The van der Waals surface area contributed by atoms with Gasteiger partial charge >= 0.3 is 0 Å². The Morgan fingerprint density at radius 3 is 2.73 bits per heavy atom. The quantitative estimate of drug-likeness (QED) is 0.459. The van der Waals surface area contributed by atoms with Crippen molar-refractivity contribution in [3.63, 3.8) is 0 Å². The van der Waals surface area contributed by atoms with E-state index in [0.717, 1.165) is 0 Å². The van der Waals surface area contributed by atoms with E-state index in [2.05, 4.69) is 4.18 Å². The van der Waals surface area contributed by atoms with Gasteiger partial charge in [-0.05, 0) is 6.92 Å². The summed E-state index contributed by atoms with van der Waals surface area (Å²) in [7, 11) is -3.52. The minimum atomic E-state index is -3.52. The van der Waals surface area contributed by atoms with Crippen LogP contribution in [0.1, 0.15) is 6.92 Å². The summed E-state index contributed by atoms with van der Waals surface area (Å²) in [4.78, 5) is 0. The molecule has 0 bridgehead atoms. The van der Waals surface area contributed by atoms with Gasteiger partial charge in [0.15, 0.2) is 6.61 Å². The van der Waals surface area contributed by atoms with Gasteiger partial charge < -0.3 is 0 Å². The van der Waals surface area contributed by atoms with Crippen LogP contribution in [-0.4, -0.2) is 20.8 Å². The van der Waals surface area contributed by atoms with E-state index >= 15 is 0 Å². The topological polar surface area (TPSA) is 67.2 Å². The van der Waals surface area contributed by atoms with Crippen LogP contribution in [0.5, 0.6) is 0 Å². The summed E-state index contributed by atoms with van der Waals surface area (Å²) in [6.07, 6.45) is 3.06. The van der Waals surface area contributed by atoms with Crippen LogP contribution in [0.15, 0.2) is 12.2 Å². The van der Waals surface area contributed by atoms with Crippen LogP contribution in [0.2, 0.25) is 0 Å². The lowest BCUT2D eigenvalue weighted by Crippen LogP contribution is -2.08. The molecule has 0 unspecified atom stereocenters. The smallest absolute Gasteiger partial charge is 0.255 e. The number of nitriles is 1. The fourth-order valence-electron chi connectivity index (χ4n) is 0.378. The Morgan fingerprint density at radius 1 is 1.64 bits per heavy atom. The summed E-state index contributed by atoms with van der Waals surface area (Å²) >= 11 is 0. The summed E-state index contributed by atoms with van der Waals surface area (Å²) in [5.74, 6) is -0.175. The average Bonchev–Trinajstić information content (AvgIpc) is 1.97. The number of rotatable bonds is 4. The molecule has 0 fully saturated rings. The van der Waals surface area contributed by atoms with E-state index in [-0.39, 0.29) is 5.75 Å². The van der Waals surface area contributed by atoms with Crippen LogP contribution in [0.4, 0.5) is 0 Å². The molecule has 0 heterocycles. The maximum Gasteiger partial charge on any atom is 0.271 e. The Balaban J connectivity index is 3.94. The van der Waals surface area contributed by atoms with E-state index in [1.54, 1.807) is 19.1 Å². The second-order valence-electron chi connectivity index (χ2n) is 1.71. The molecule has 0 rings (SSSR count). The molecule has 0 aliphatic rings. The van der Waals surface area contributed by atoms with Crippen molar-refractivity contribution in [3.05, 3.63) is 12.2 Å². The Bertz CT molecular complexity index is 260. The summed E-state index contributed by atoms with van der Waals surface area (Å²) in [6, 6.07) is 1.57. The Hall–Kier alpha value is -0.860. The van der Waals surface area contributed by atoms with E-state index in [0.29, 0.717) is 0 Å². The van der Waals surface area contributed by atoms with Crippen LogP contribution >= 0.6 is 0 Å². The highest BCUT2D eigenvalue weighted by Crippen LogP contribution is 1.92. The first-order valence-corrected chi connectivity index (χ1v) is 4.55. The van der Waals surface area contributed by atoms with Crippen molar-refractivity contribution in [1.29, 1.82) is 5.26 Å². The van der Waals surface area contributed by atoms with Gasteiger partial charge in [-0.15, -0.1) is 0 Å². The summed E-state index contributed by atoms with van der Waals surface area (Å²) in [6.45, 7) is 1.29. The monoisotopic (exact) mass is 175 g/mol. The van der Waals surface area contributed by atoms with Crippen molar-refractivity contribution in [2.45, 2.75) is 6.92 Å². The largest absolute Gasteiger partial charge is 0.271 e. The van der Waals surface area contributed by atoms with Crippen LogP contribution in [0.3, 0.4) is 0 Å². The van der Waals surface area contributed by atoms with Gasteiger partial charge in [-0.25, -0.2) is 0 Å². The molecule has 0 aliphatic carbocycles. The first kappa shape index (κ1) is 10.1. The molecule has 0 spiro atoms. The van der Waals surface area contributed by atoms with E-state index < -0.39 is 16.7 Å². The zero-order chi connectivity index (χ0) is 8.74. The standard InChI is InChI=1S/C6H9NO3S/c1-2-3-6-11(8,9)10-5-4-7/h2-3H,5-6H2,1H3. The number of hydrogen-bond donors (Lipinski definition) is 0. The minimum Gasteiger partial charge on any atom is -0.255 e. The highest BCUT2D eigenvalue weighted by Gasteiger charge is 2.06. The molecule has 4 nitrogen and oxygen atoms in total. The normalized spacial score (nSPS) is 11.6. The second kappa shape index (κ2) is 4.88. The van der Waals surface area contributed by atoms with Crippen molar-refractivity contribution in [3.8, 4) is 6.07 Å². The van der Waals surface area contributed by atoms with E-state index in [9.17, 15) is 8.42 Å².